The summed E-state index contributed by atoms with van der Waals surface area (Å²) in [4.78, 5) is 19.3. The molecule has 0 aliphatic heterocycles. The third kappa shape index (κ3) is 5.70. The first-order valence-electron chi connectivity index (χ1n) is 4.18. The Bertz CT molecular complexity index is 144. The number of nitrogens with one attached hydrogen (secondary N) is 1. The Labute approximate surface area is 72.5 Å². The van der Waals surface area contributed by atoms with Gasteiger partial charge >= 0.3 is 0 Å². The predicted octanol–water partition coefficient (Wildman–Crippen LogP) is 0.167. The molecule has 70 valence electrons. The molecule has 1 fully saturated rings. The normalized spacial score (nSPS) is 15.1. The summed E-state index contributed by atoms with van der Waals surface area (Å²) in [5.74, 6) is -0.245. The summed E-state index contributed by atoms with van der Waals surface area (Å²) in [6, 6.07) is 0.512. The number of primary amides is 1. The van der Waals surface area contributed by atoms with Crippen molar-refractivity contribution < 1.29 is 9.59 Å². The van der Waals surface area contributed by atoms with Gasteiger partial charge in [0.1, 0.15) is 0 Å². The predicted molar refractivity (Wildman–Crippen MR) is 46.3 cm³/mol. The summed E-state index contributed by atoms with van der Waals surface area (Å²) in [5, 5.41) is 2.70. The largest absolute Gasteiger partial charge is 0.370 e. The van der Waals surface area contributed by atoms with Gasteiger partial charge in [0, 0.05) is 12.5 Å². The van der Waals surface area contributed by atoms with Crippen molar-refractivity contribution >= 4 is 12.3 Å². The second-order valence-electron chi connectivity index (χ2n) is 2.73. The Kier molecular flexibility index (Phi) is 6.05. The van der Waals surface area contributed by atoms with Crippen LogP contribution >= 0.6 is 0 Å². The highest BCUT2D eigenvalue weighted by Crippen LogP contribution is 2.16. The van der Waals surface area contributed by atoms with Crippen LogP contribution in [-0.2, 0) is 9.59 Å². The number of amides is 2. The smallest absolute Gasteiger partial charge is 0.217 e. The molecule has 1 aliphatic carbocycles. The lowest BCUT2D eigenvalue weighted by molar-refractivity contribution is -0.117. The minimum Gasteiger partial charge on any atom is -0.370 e. The van der Waals surface area contributed by atoms with Crippen LogP contribution in [0.15, 0.2) is 0 Å². The second kappa shape index (κ2) is 6.64. The Hall–Kier alpha value is -1.06. The number of hydrogen-bond donors (Lipinski definition) is 2. The number of carbonyl (C=O) groups excluding carboxylic acids is 2. The standard InChI is InChI=1S/C5H9NO.C3H7NO/c7-4-6-5-2-1-3-5;1-2-3(4)5/h4-5H,1-3H2,(H,6,7);2H2,1H3,(H2,4,5). The van der Waals surface area contributed by atoms with Gasteiger partial charge in [0.2, 0.25) is 12.3 Å². The Morgan fingerprint density at radius 1 is 1.67 bits per heavy atom. The van der Waals surface area contributed by atoms with Crippen LogP contribution in [0.3, 0.4) is 0 Å². The lowest BCUT2D eigenvalue weighted by atomic mass is 9.94. The van der Waals surface area contributed by atoms with Crippen LogP contribution in [0.5, 0.6) is 0 Å². The molecule has 2 amide bonds. The number of rotatable bonds is 3. The molecule has 4 nitrogen and oxygen atoms in total. The lowest BCUT2D eigenvalue weighted by Crippen LogP contribution is -2.33. The van der Waals surface area contributed by atoms with E-state index in [1.165, 1.54) is 19.3 Å². The Morgan fingerprint density at radius 3 is 2.25 bits per heavy atom. The van der Waals surface area contributed by atoms with E-state index < -0.39 is 0 Å². The van der Waals surface area contributed by atoms with Crippen LogP contribution in [0, 0.1) is 0 Å². The van der Waals surface area contributed by atoms with Crippen molar-refractivity contribution in [3.8, 4) is 0 Å². The molecule has 0 unspecified atom stereocenters. The first kappa shape index (κ1) is 10.9. The van der Waals surface area contributed by atoms with Gasteiger partial charge in [-0.3, -0.25) is 9.59 Å². The monoisotopic (exact) mass is 172 g/mol. The molecule has 0 spiro atoms. The van der Waals surface area contributed by atoms with E-state index in [0.717, 1.165) is 6.41 Å². The van der Waals surface area contributed by atoms with Gasteiger partial charge in [0.05, 0.1) is 0 Å². The molecule has 0 aromatic heterocycles. The minimum absolute atomic E-state index is 0.245. The van der Waals surface area contributed by atoms with Gasteiger partial charge in [-0.15, -0.1) is 0 Å². The third-order valence-corrected chi connectivity index (χ3v) is 1.76. The van der Waals surface area contributed by atoms with Gasteiger partial charge in [-0.2, -0.15) is 0 Å². The van der Waals surface area contributed by atoms with E-state index in [-0.39, 0.29) is 5.91 Å². The average molecular weight is 172 g/mol. The number of hydrogen-bond acceptors (Lipinski definition) is 2. The Balaban J connectivity index is 0.000000217. The van der Waals surface area contributed by atoms with Gasteiger partial charge in [0.15, 0.2) is 0 Å². The summed E-state index contributed by atoms with van der Waals surface area (Å²) in [6.07, 6.45) is 4.87. The fourth-order valence-corrected chi connectivity index (χ4v) is 0.671. The quantitative estimate of drug-likeness (QED) is 0.595. The van der Waals surface area contributed by atoms with Gasteiger partial charge < -0.3 is 11.1 Å². The van der Waals surface area contributed by atoms with Crippen molar-refractivity contribution in [2.45, 2.75) is 38.6 Å². The van der Waals surface area contributed by atoms with Gasteiger partial charge in [-0.05, 0) is 19.3 Å². The lowest BCUT2D eigenvalue weighted by Gasteiger charge is -2.23. The topological polar surface area (TPSA) is 72.2 Å². The highest BCUT2D eigenvalue weighted by molar-refractivity contribution is 5.73. The van der Waals surface area contributed by atoms with Gasteiger partial charge in [-0.1, -0.05) is 6.92 Å². The molecule has 1 aliphatic rings. The van der Waals surface area contributed by atoms with Crippen LogP contribution in [-0.4, -0.2) is 18.4 Å². The van der Waals surface area contributed by atoms with E-state index in [9.17, 15) is 9.59 Å². The SMILES string of the molecule is CCC(N)=O.O=CNC1CCC1. The maximum absolute atomic E-state index is 9.70. The molecular weight excluding hydrogens is 156 g/mol. The highest BCUT2D eigenvalue weighted by atomic mass is 16.1. The average Bonchev–Trinajstić information content (AvgIpc) is 1.98. The van der Waals surface area contributed by atoms with Crippen molar-refractivity contribution in [2.24, 2.45) is 5.73 Å². The maximum atomic E-state index is 9.70. The molecule has 4 heteroatoms. The molecule has 0 saturated heterocycles. The molecule has 1 saturated carbocycles. The van der Waals surface area contributed by atoms with Crippen molar-refractivity contribution in [2.75, 3.05) is 0 Å². The summed E-state index contributed by atoms with van der Waals surface area (Å²) < 4.78 is 0. The molecule has 0 bridgehead atoms. The molecule has 12 heavy (non-hydrogen) atoms. The molecular formula is C8H16N2O2. The van der Waals surface area contributed by atoms with Gasteiger partial charge in [0.25, 0.3) is 0 Å². The molecule has 1 rings (SSSR count). The van der Waals surface area contributed by atoms with E-state index in [0.29, 0.717) is 12.5 Å². The van der Waals surface area contributed by atoms with Crippen LogP contribution < -0.4 is 11.1 Å². The first-order chi connectivity index (χ1) is 5.70. The fraction of sp³-hybridized carbons (Fsp3) is 0.750. The molecule has 0 heterocycles. The highest BCUT2D eigenvalue weighted by Gasteiger charge is 2.14. The van der Waals surface area contributed by atoms with Gasteiger partial charge in [-0.25, -0.2) is 0 Å². The van der Waals surface area contributed by atoms with E-state index >= 15 is 0 Å². The summed E-state index contributed by atoms with van der Waals surface area (Å²) in [5.41, 5.74) is 4.65. The van der Waals surface area contributed by atoms with E-state index in [4.69, 9.17) is 0 Å². The third-order valence-electron chi connectivity index (χ3n) is 1.76. The van der Waals surface area contributed by atoms with E-state index in [1.807, 2.05) is 0 Å². The van der Waals surface area contributed by atoms with Crippen LogP contribution in [0.1, 0.15) is 32.6 Å². The molecule has 0 atom stereocenters. The second-order valence-corrected chi connectivity index (χ2v) is 2.73. The summed E-state index contributed by atoms with van der Waals surface area (Å²) in [6.45, 7) is 1.72. The zero-order valence-electron chi connectivity index (χ0n) is 7.38. The number of nitrogens with two attached hydrogens (primary N) is 1. The maximum Gasteiger partial charge on any atom is 0.217 e. The summed E-state index contributed by atoms with van der Waals surface area (Å²) >= 11 is 0. The van der Waals surface area contributed by atoms with Crippen molar-refractivity contribution in [1.29, 1.82) is 0 Å². The molecule has 3 N–H and O–H groups in total. The zero-order valence-corrected chi connectivity index (χ0v) is 7.38. The van der Waals surface area contributed by atoms with Crippen LogP contribution in [0.2, 0.25) is 0 Å². The molecule has 0 aromatic rings. The van der Waals surface area contributed by atoms with Crippen molar-refractivity contribution in [3.63, 3.8) is 0 Å². The van der Waals surface area contributed by atoms with Crippen molar-refractivity contribution in [3.05, 3.63) is 0 Å². The molecule has 0 aromatic carbocycles. The van der Waals surface area contributed by atoms with Crippen LogP contribution in [0.25, 0.3) is 0 Å². The first-order valence-corrected chi connectivity index (χ1v) is 4.18. The van der Waals surface area contributed by atoms with Crippen molar-refractivity contribution in [1.82, 2.24) is 5.32 Å². The number of carbonyl (C=O) groups is 2. The zero-order chi connectivity index (χ0) is 9.40. The summed E-state index contributed by atoms with van der Waals surface area (Å²) in [7, 11) is 0. The van der Waals surface area contributed by atoms with E-state index in [1.54, 1.807) is 6.92 Å². The van der Waals surface area contributed by atoms with E-state index in [2.05, 4.69) is 11.1 Å². The minimum atomic E-state index is -0.245. The van der Waals surface area contributed by atoms with Crippen LogP contribution in [0.4, 0.5) is 0 Å². The molecule has 0 radical (unpaired) electrons. The Morgan fingerprint density at radius 2 is 2.17 bits per heavy atom. The fourth-order valence-electron chi connectivity index (χ4n) is 0.671.